The third-order valence-corrected chi connectivity index (χ3v) is 4.03. The number of anilines is 1. The third-order valence-electron chi connectivity index (χ3n) is 2.92. The number of aromatic nitrogens is 1. The maximum Gasteiger partial charge on any atom is 0.147 e. The van der Waals surface area contributed by atoms with Crippen molar-refractivity contribution in [3.8, 4) is 11.3 Å². The van der Waals surface area contributed by atoms with Gasteiger partial charge in [0.05, 0.1) is 5.75 Å². The van der Waals surface area contributed by atoms with Crippen LogP contribution in [-0.2, 0) is 5.75 Å². The fraction of sp³-hybridized carbons (Fsp3) is 0.0625. The Morgan fingerprint density at radius 1 is 1.00 bits per heavy atom. The van der Waals surface area contributed by atoms with E-state index in [1.807, 2.05) is 60.7 Å². The van der Waals surface area contributed by atoms with Crippen molar-refractivity contribution < 1.29 is 4.52 Å². The molecule has 1 heterocycles. The summed E-state index contributed by atoms with van der Waals surface area (Å²) >= 11 is 1.65. The van der Waals surface area contributed by atoms with Crippen LogP contribution in [-0.4, -0.2) is 5.16 Å². The average Bonchev–Trinajstić information content (AvgIpc) is 2.96. The van der Waals surface area contributed by atoms with E-state index >= 15 is 0 Å². The van der Waals surface area contributed by atoms with Crippen LogP contribution in [0.15, 0.2) is 70.1 Å². The Hall–Kier alpha value is -2.20. The second-order valence-electron chi connectivity index (χ2n) is 4.37. The van der Waals surface area contributed by atoms with E-state index in [4.69, 9.17) is 10.3 Å². The lowest BCUT2D eigenvalue weighted by Crippen LogP contribution is -1.87. The maximum absolute atomic E-state index is 5.91. The zero-order valence-electron chi connectivity index (χ0n) is 10.8. The number of nitrogens with zero attached hydrogens (tertiary/aromatic N) is 1. The van der Waals surface area contributed by atoms with Crippen LogP contribution in [0.25, 0.3) is 11.3 Å². The van der Waals surface area contributed by atoms with Crippen LogP contribution in [0, 0.1) is 0 Å². The molecule has 0 unspecified atom stereocenters. The first-order valence-corrected chi connectivity index (χ1v) is 7.30. The molecule has 1 aromatic heterocycles. The van der Waals surface area contributed by atoms with E-state index in [9.17, 15) is 0 Å². The molecule has 2 N–H and O–H groups in total. The van der Waals surface area contributed by atoms with E-state index in [0.717, 1.165) is 27.6 Å². The normalized spacial score (nSPS) is 10.6. The highest BCUT2D eigenvalue weighted by Crippen LogP contribution is 2.29. The molecule has 0 saturated carbocycles. The van der Waals surface area contributed by atoms with Gasteiger partial charge in [0, 0.05) is 22.2 Å². The molecule has 3 aromatic rings. The minimum absolute atomic E-state index is 0.716. The van der Waals surface area contributed by atoms with Crippen LogP contribution in [0.3, 0.4) is 0 Å². The number of benzene rings is 2. The van der Waals surface area contributed by atoms with Gasteiger partial charge in [-0.05, 0) is 12.1 Å². The van der Waals surface area contributed by atoms with Gasteiger partial charge < -0.3 is 10.3 Å². The lowest BCUT2D eigenvalue weighted by atomic mass is 10.1. The molecule has 0 atom stereocenters. The van der Waals surface area contributed by atoms with Gasteiger partial charge in [0.2, 0.25) is 0 Å². The number of nitrogen functional groups attached to an aromatic ring is 1. The summed E-state index contributed by atoms with van der Waals surface area (Å²) in [5.41, 5.74) is 8.63. The van der Waals surface area contributed by atoms with Crippen LogP contribution in [0.4, 0.5) is 5.69 Å². The van der Waals surface area contributed by atoms with Gasteiger partial charge >= 0.3 is 0 Å². The number of hydrogen-bond acceptors (Lipinski definition) is 4. The van der Waals surface area contributed by atoms with Crippen molar-refractivity contribution in [1.82, 2.24) is 5.16 Å². The van der Waals surface area contributed by atoms with Gasteiger partial charge in [0.1, 0.15) is 11.5 Å². The summed E-state index contributed by atoms with van der Waals surface area (Å²) < 4.78 is 5.37. The number of hydrogen-bond donors (Lipinski definition) is 1. The fourth-order valence-corrected chi connectivity index (χ4v) is 2.73. The molecule has 0 spiro atoms. The minimum atomic E-state index is 0.716. The van der Waals surface area contributed by atoms with Crippen molar-refractivity contribution in [3.05, 3.63) is 66.4 Å². The van der Waals surface area contributed by atoms with E-state index in [1.165, 1.54) is 0 Å². The van der Waals surface area contributed by atoms with E-state index in [0.29, 0.717) is 5.75 Å². The molecular formula is C16H14N2OS. The number of nitrogens with two attached hydrogens (primary N) is 1. The molecule has 0 fully saturated rings. The van der Waals surface area contributed by atoms with Crippen LogP contribution in [0.1, 0.15) is 5.76 Å². The smallest absolute Gasteiger partial charge is 0.147 e. The summed E-state index contributed by atoms with van der Waals surface area (Å²) in [6, 6.07) is 19.8. The summed E-state index contributed by atoms with van der Waals surface area (Å²) in [6.45, 7) is 0. The van der Waals surface area contributed by atoms with Gasteiger partial charge in [-0.15, -0.1) is 11.8 Å². The van der Waals surface area contributed by atoms with Crippen molar-refractivity contribution in [2.24, 2.45) is 0 Å². The van der Waals surface area contributed by atoms with Gasteiger partial charge in [0.25, 0.3) is 0 Å². The van der Waals surface area contributed by atoms with Crippen LogP contribution in [0.5, 0.6) is 0 Å². The number of rotatable bonds is 4. The Balaban J connectivity index is 1.71. The van der Waals surface area contributed by atoms with Gasteiger partial charge in [-0.25, -0.2) is 0 Å². The Bertz CT molecular complexity index is 694. The standard InChI is InChI=1S/C16H14N2OS/c17-14-8-4-5-9-16(14)20-11-13-10-15(18-19-13)12-6-2-1-3-7-12/h1-10H,11,17H2. The zero-order valence-corrected chi connectivity index (χ0v) is 11.6. The molecule has 0 bridgehead atoms. The molecule has 0 saturated heterocycles. The van der Waals surface area contributed by atoms with Gasteiger partial charge in [-0.2, -0.15) is 0 Å². The predicted octanol–water partition coefficient (Wildman–Crippen LogP) is 4.22. The highest BCUT2D eigenvalue weighted by atomic mass is 32.2. The van der Waals surface area contributed by atoms with Crippen molar-refractivity contribution in [2.75, 3.05) is 5.73 Å². The van der Waals surface area contributed by atoms with E-state index < -0.39 is 0 Å². The average molecular weight is 282 g/mol. The fourth-order valence-electron chi connectivity index (χ4n) is 1.89. The first-order valence-electron chi connectivity index (χ1n) is 6.31. The second-order valence-corrected chi connectivity index (χ2v) is 5.39. The lowest BCUT2D eigenvalue weighted by Gasteiger charge is -2.02. The molecule has 3 rings (SSSR count). The van der Waals surface area contributed by atoms with E-state index in [2.05, 4.69) is 5.16 Å². The molecule has 4 heteroatoms. The SMILES string of the molecule is Nc1ccccc1SCc1cc(-c2ccccc2)no1. The summed E-state index contributed by atoms with van der Waals surface area (Å²) in [6.07, 6.45) is 0. The van der Waals surface area contributed by atoms with Crippen molar-refractivity contribution in [1.29, 1.82) is 0 Å². The predicted molar refractivity (Wildman–Crippen MR) is 82.4 cm³/mol. The Kier molecular flexibility index (Phi) is 3.74. The number of thioether (sulfide) groups is 1. The molecule has 3 nitrogen and oxygen atoms in total. The zero-order chi connectivity index (χ0) is 13.8. The van der Waals surface area contributed by atoms with Gasteiger partial charge in [-0.3, -0.25) is 0 Å². The highest BCUT2D eigenvalue weighted by Gasteiger charge is 2.07. The largest absolute Gasteiger partial charge is 0.398 e. The first-order chi connectivity index (χ1) is 9.83. The lowest BCUT2D eigenvalue weighted by molar-refractivity contribution is 0.397. The third kappa shape index (κ3) is 2.86. The quantitative estimate of drug-likeness (QED) is 0.575. The molecule has 2 aromatic carbocycles. The van der Waals surface area contributed by atoms with Crippen LogP contribution in [0.2, 0.25) is 0 Å². The molecule has 20 heavy (non-hydrogen) atoms. The van der Waals surface area contributed by atoms with Crippen molar-refractivity contribution in [2.45, 2.75) is 10.6 Å². The topological polar surface area (TPSA) is 52.0 Å². The number of para-hydroxylation sites is 1. The second kappa shape index (κ2) is 5.84. The highest BCUT2D eigenvalue weighted by molar-refractivity contribution is 7.98. The molecule has 0 aliphatic carbocycles. The summed E-state index contributed by atoms with van der Waals surface area (Å²) in [5.74, 6) is 1.56. The Morgan fingerprint density at radius 3 is 2.55 bits per heavy atom. The molecule has 0 aliphatic rings. The van der Waals surface area contributed by atoms with Gasteiger partial charge in [0.15, 0.2) is 0 Å². The van der Waals surface area contributed by atoms with Crippen LogP contribution >= 0.6 is 11.8 Å². The minimum Gasteiger partial charge on any atom is -0.398 e. The molecule has 100 valence electrons. The Labute approximate surface area is 121 Å². The van der Waals surface area contributed by atoms with Gasteiger partial charge in [-0.1, -0.05) is 47.6 Å². The first kappa shape index (κ1) is 12.8. The molecule has 0 radical (unpaired) electrons. The van der Waals surface area contributed by atoms with Crippen molar-refractivity contribution >= 4 is 17.4 Å². The maximum atomic E-state index is 5.91. The molecule has 0 amide bonds. The summed E-state index contributed by atoms with van der Waals surface area (Å²) in [7, 11) is 0. The Morgan fingerprint density at radius 2 is 1.75 bits per heavy atom. The van der Waals surface area contributed by atoms with Crippen LogP contribution < -0.4 is 5.73 Å². The molecule has 0 aliphatic heterocycles. The monoisotopic (exact) mass is 282 g/mol. The molecular weight excluding hydrogens is 268 g/mol. The van der Waals surface area contributed by atoms with E-state index in [1.54, 1.807) is 11.8 Å². The van der Waals surface area contributed by atoms with E-state index in [-0.39, 0.29) is 0 Å². The van der Waals surface area contributed by atoms with Crippen molar-refractivity contribution in [3.63, 3.8) is 0 Å². The summed E-state index contributed by atoms with van der Waals surface area (Å²) in [5, 5.41) is 4.10. The summed E-state index contributed by atoms with van der Waals surface area (Å²) in [4.78, 5) is 1.06.